The van der Waals surface area contributed by atoms with E-state index < -0.39 is 16.9 Å². The van der Waals surface area contributed by atoms with Gasteiger partial charge in [0.1, 0.15) is 11.8 Å². The van der Waals surface area contributed by atoms with Crippen molar-refractivity contribution >= 4 is 17.5 Å². The van der Waals surface area contributed by atoms with Gasteiger partial charge in [0, 0.05) is 17.7 Å². The number of nitro benzene ring substituents is 1. The van der Waals surface area contributed by atoms with E-state index in [-0.39, 0.29) is 23.7 Å². The number of non-ortho nitro benzene ring substituents is 1. The molecule has 0 aliphatic heterocycles. The fourth-order valence-electron chi connectivity index (χ4n) is 1.64. The van der Waals surface area contributed by atoms with Gasteiger partial charge in [0.25, 0.3) is 11.6 Å². The minimum atomic E-state index is -0.692. The molecule has 1 aromatic carbocycles. The average Bonchev–Trinajstić information content (AvgIpc) is 2.43. The first-order chi connectivity index (χ1) is 10.6. The van der Waals surface area contributed by atoms with Crippen LogP contribution in [0.1, 0.15) is 27.7 Å². The van der Waals surface area contributed by atoms with Gasteiger partial charge in [0.2, 0.25) is 5.91 Å². The molecule has 0 aliphatic rings. The maximum Gasteiger partial charge on any atom is 0.269 e. The predicted molar refractivity (Wildman–Crippen MR) is 84.1 cm³/mol. The quantitative estimate of drug-likeness (QED) is 0.607. The molecule has 0 heterocycles. The van der Waals surface area contributed by atoms with Crippen molar-refractivity contribution in [2.24, 2.45) is 0 Å². The molecule has 1 rings (SSSR count). The highest BCUT2D eigenvalue weighted by Crippen LogP contribution is 2.17. The number of carbonyl (C=O) groups excluding carboxylic acids is 2. The normalized spacial score (nSPS) is 12.2. The number of nitrogens with zero attached hydrogens (tertiary/aromatic N) is 1. The summed E-state index contributed by atoms with van der Waals surface area (Å²) in [6.07, 6.45) is 0. The summed E-state index contributed by atoms with van der Waals surface area (Å²) in [5.41, 5.74) is -0.444. The first-order valence-corrected chi connectivity index (χ1v) is 7.07. The predicted octanol–water partition coefficient (Wildman–Crippen LogP) is 1.39. The lowest BCUT2D eigenvalue weighted by Crippen LogP contribution is -2.51. The van der Waals surface area contributed by atoms with E-state index in [1.807, 2.05) is 20.8 Å². The second kappa shape index (κ2) is 7.57. The third kappa shape index (κ3) is 6.77. The lowest BCUT2D eigenvalue weighted by Gasteiger charge is -2.23. The molecule has 2 amide bonds. The third-order valence-electron chi connectivity index (χ3n) is 2.69. The van der Waals surface area contributed by atoms with Gasteiger partial charge >= 0.3 is 0 Å². The van der Waals surface area contributed by atoms with Crippen molar-refractivity contribution in [2.75, 3.05) is 6.61 Å². The minimum Gasteiger partial charge on any atom is -0.484 e. The number of benzene rings is 1. The fraction of sp³-hybridized carbons (Fsp3) is 0.467. The van der Waals surface area contributed by atoms with Crippen LogP contribution in [0, 0.1) is 10.1 Å². The summed E-state index contributed by atoms with van der Waals surface area (Å²) in [5, 5.41) is 15.8. The van der Waals surface area contributed by atoms with Gasteiger partial charge in [-0.1, -0.05) is 0 Å². The van der Waals surface area contributed by atoms with Gasteiger partial charge in [-0.15, -0.1) is 0 Å². The van der Waals surface area contributed by atoms with E-state index in [1.54, 1.807) is 6.92 Å². The van der Waals surface area contributed by atoms with E-state index in [0.717, 1.165) is 0 Å². The number of rotatable bonds is 6. The Balaban J connectivity index is 2.44. The van der Waals surface area contributed by atoms with Crippen LogP contribution in [0.2, 0.25) is 0 Å². The molecule has 0 saturated carbocycles. The highest BCUT2D eigenvalue weighted by molar-refractivity contribution is 5.88. The Labute approximate surface area is 134 Å². The van der Waals surface area contributed by atoms with Crippen molar-refractivity contribution in [2.45, 2.75) is 39.3 Å². The summed E-state index contributed by atoms with van der Waals surface area (Å²) in [5.74, 6) is -0.418. The minimum absolute atomic E-state index is 0.0609. The summed E-state index contributed by atoms with van der Waals surface area (Å²) >= 11 is 0. The van der Waals surface area contributed by atoms with Gasteiger partial charge in [-0.2, -0.15) is 0 Å². The van der Waals surface area contributed by atoms with E-state index in [9.17, 15) is 19.7 Å². The molecule has 0 saturated heterocycles. The highest BCUT2D eigenvalue weighted by Gasteiger charge is 2.20. The summed E-state index contributed by atoms with van der Waals surface area (Å²) in [7, 11) is 0. The van der Waals surface area contributed by atoms with E-state index >= 15 is 0 Å². The number of carbonyl (C=O) groups is 2. The Morgan fingerprint density at radius 1 is 1.26 bits per heavy atom. The molecule has 23 heavy (non-hydrogen) atoms. The highest BCUT2D eigenvalue weighted by atomic mass is 16.6. The topological polar surface area (TPSA) is 111 Å². The lowest BCUT2D eigenvalue weighted by atomic mass is 10.1. The Morgan fingerprint density at radius 2 is 1.83 bits per heavy atom. The monoisotopic (exact) mass is 323 g/mol. The number of nitro groups is 1. The first-order valence-electron chi connectivity index (χ1n) is 7.07. The largest absolute Gasteiger partial charge is 0.484 e. The molecule has 1 unspecified atom stereocenters. The molecule has 0 spiro atoms. The maximum absolute atomic E-state index is 11.8. The van der Waals surface area contributed by atoms with Crippen LogP contribution < -0.4 is 15.4 Å². The van der Waals surface area contributed by atoms with Crippen molar-refractivity contribution in [3.63, 3.8) is 0 Å². The molecule has 0 aromatic heterocycles. The van der Waals surface area contributed by atoms with Crippen LogP contribution >= 0.6 is 0 Å². The molecule has 1 aromatic rings. The fourth-order valence-corrected chi connectivity index (χ4v) is 1.64. The van der Waals surface area contributed by atoms with Crippen molar-refractivity contribution < 1.29 is 19.2 Å². The van der Waals surface area contributed by atoms with Crippen molar-refractivity contribution in [3.05, 3.63) is 34.4 Å². The zero-order chi connectivity index (χ0) is 17.6. The molecule has 0 radical (unpaired) electrons. The third-order valence-corrected chi connectivity index (χ3v) is 2.69. The van der Waals surface area contributed by atoms with Crippen molar-refractivity contribution in [3.8, 4) is 5.75 Å². The second-order valence-corrected chi connectivity index (χ2v) is 6.07. The summed E-state index contributed by atoms with van der Waals surface area (Å²) in [4.78, 5) is 33.6. The number of amides is 2. The molecular formula is C15H21N3O5. The number of hydrogen-bond donors (Lipinski definition) is 2. The molecular weight excluding hydrogens is 302 g/mol. The Kier molecular flexibility index (Phi) is 6.06. The molecule has 2 N–H and O–H groups in total. The average molecular weight is 323 g/mol. The van der Waals surface area contributed by atoms with E-state index in [4.69, 9.17) is 4.74 Å². The van der Waals surface area contributed by atoms with Gasteiger partial charge in [-0.25, -0.2) is 0 Å². The smallest absolute Gasteiger partial charge is 0.269 e. The number of hydrogen-bond acceptors (Lipinski definition) is 5. The number of nitrogens with one attached hydrogen (secondary N) is 2. The van der Waals surface area contributed by atoms with E-state index in [1.165, 1.54) is 24.3 Å². The second-order valence-electron chi connectivity index (χ2n) is 6.07. The number of ether oxygens (including phenoxy) is 1. The van der Waals surface area contributed by atoms with Crippen LogP contribution in [-0.4, -0.2) is 34.9 Å². The van der Waals surface area contributed by atoms with Crippen molar-refractivity contribution in [1.29, 1.82) is 0 Å². The van der Waals surface area contributed by atoms with Gasteiger partial charge in [-0.3, -0.25) is 19.7 Å². The van der Waals surface area contributed by atoms with E-state index in [2.05, 4.69) is 10.6 Å². The van der Waals surface area contributed by atoms with Gasteiger partial charge in [-0.05, 0) is 39.8 Å². The molecule has 126 valence electrons. The van der Waals surface area contributed by atoms with Crippen molar-refractivity contribution in [1.82, 2.24) is 10.6 Å². The van der Waals surface area contributed by atoms with Crippen LogP contribution in [0.15, 0.2) is 24.3 Å². The molecule has 8 nitrogen and oxygen atoms in total. The summed E-state index contributed by atoms with van der Waals surface area (Å²) in [6.45, 7) is 6.82. The van der Waals surface area contributed by atoms with Crippen LogP contribution in [0.5, 0.6) is 5.75 Å². The molecule has 0 aliphatic carbocycles. The van der Waals surface area contributed by atoms with Gasteiger partial charge < -0.3 is 15.4 Å². The van der Waals surface area contributed by atoms with Crippen LogP contribution in [0.25, 0.3) is 0 Å². The zero-order valence-electron chi connectivity index (χ0n) is 13.6. The van der Waals surface area contributed by atoms with Gasteiger partial charge in [0.15, 0.2) is 6.61 Å². The molecule has 0 fully saturated rings. The molecule has 0 bridgehead atoms. The summed E-state index contributed by atoms with van der Waals surface area (Å²) < 4.78 is 5.22. The molecule has 8 heteroatoms. The standard InChI is InChI=1S/C15H21N3O5/c1-10(14(20)17-15(2,3)4)16-13(19)9-23-12-7-5-11(6-8-12)18(21)22/h5-8,10H,9H2,1-4H3,(H,16,19)(H,17,20). The Morgan fingerprint density at radius 3 is 2.30 bits per heavy atom. The van der Waals surface area contributed by atoms with Crippen LogP contribution in [0.4, 0.5) is 5.69 Å². The van der Waals surface area contributed by atoms with E-state index in [0.29, 0.717) is 5.75 Å². The zero-order valence-corrected chi connectivity index (χ0v) is 13.6. The molecule has 1 atom stereocenters. The first kappa shape index (κ1) is 18.4. The van der Waals surface area contributed by atoms with Crippen LogP contribution in [-0.2, 0) is 9.59 Å². The summed E-state index contributed by atoms with van der Waals surface area (Å²) in [6, 6.07) is 4.68. The Hall–Kier alpha value is -2.64. The lowest BCUT2D eigenvalue weighted by molar-refractivity contribution is -0.384. The maximum atomic E-state index is 11.8. The Bertz CT molecular complexity index is 578. The van der Waals surface area contributed by atoms with Crippen LogP contribution in [0.3, 0.4) is 0 Å². The van der Waals surface area contributed by atoms with Gasteiger partial charge in [0.05, 0.1) is 4.92 Å². The SMILES string of the molecule is CC(NC(=O)COc1ccc([N+](=O)[O-])cc1)C(=O)NC(C)(C)C.